The molecule has 30 heavy (non-hydrogen) atoms. The van der Waals surface area contributed by atoms with Crippen molar-refractivity contribution in [2.24, 2.45) is 0 Å². The van der Waals surface area contributed by atoms with E-state index in [1.807, 2.05) is 37.3 Å². The second-order valence-electron chi connectivity index (χ2n) is 8.71. The van der Waals surface area contributed by atoms with E-state index < -0.39 is 10.0 Å². The topological polar surface area (TPSA) is 37.4 Å². The molecule has 1 heterocycles. The first kappa shape index (κ1) is 21.2. The predicted octanol–water partition coefficient (Wildman–Crippen LogP) is 6.87. The molecule has 0 amide bonds. The zero-order valence-electron chi connectivity index (χ0n) is 18.0. The number of fused-ring (bicyclic) bond motifs is 3. The van der Waals surface area contributed by atoms with Gasteiger partial charge in [0.05, 0.1) is 16.6 Å². The predicted molar refractivity (Wildman–Crippen MR) is 125 cm³/mol. The van der Waals surface area contributed by atoms with Crippen LogP contribution in [0.3, 0.4) is 0 Å². The molecule has 0 aromatic heterocycles. The van der Waals surface area contributed by atoms with Gasteiger partial charge in [0.25, 0.3) is 10.0 Å². The molecule has 1 aliphatic carbocycles. The number of benzene rings is 2. The standard InChI is InChI=1S/C26H33NO2S/c1-21-17-19-22(20-18-21)30(28,29)27-25-15-10-8-6-4-2-3-5-7-9-13-23(25)24-14-11-12-16-26(24)27/h11-14,16-20,25H,2-10,15H2,1H3/b23-13-. The van der Waals surface area contributed by atoms with Crippen LogP contribution >= 0.6 is 0 Å². The zero-order valence-corrected chi connectivity index (χ0v) is 18.8. The molecule has 2 aromatic carbocycles. The van der Waals surface area contributed by atoms with Crippen LogP contribution in [0.4, 0.5) is 5.69 Å². The molecule has 2 aliphatic rings. The summed E-state index contributed by atoms with van der Waals surface area (Å²) in [5.74, 6) is 0. The Balaban J connectivity index is 1.76. The third-order valence-electron chi connectivity index (χ3n) is 6.47. The number of allylic oxidation sites excluding steroid dienone is 1. The maximum absolute atomic E-state index is 13.8. The van der Waals surface area contributed by atoms with Gasteiger partial charge in [-0.05, 0) is 50.0 Å². The summed E-state index contributed by atoms with van der Waals surface area (Å²) >= 11 is 0. The second-order valence-corrected chi connectivity index (χ2v) is 10.5. The van der Waals surface area contributed by atoms with E-state index in [4.69, 9.17) is 0 Å². The van der Waals surface area contributed by atoms with Gasteiger partial charge in [0.1, 0.15) is 0 Å². The molecular weight excluding hydrogens is 390 g/mol. The van der Waals surface area contributed by atoms with E-state index in [1.54, 1.807) is 16.4 Å². The van der Waals surface area contributed by atoms with Gasteiger partial charge < -0.3 is 0 Å². The SMILES string of the molecule is Cc1ccc(S(=O)(=O)N2c3ccccc3/C3=C/CCCCCCCCCCC32)cc1. The fourth-order valence-corrected chi connectivity index (χ4v) is 6.50. The van der Waals surface area contributed by atoms with Gasteiger partial charge >= 0.3 is 0 Å². The third kappa shape index (κ3) is 4.34. The Morgan fingerprint density at radius 1 is 0.800 bits per heavy atom. The van der Waals surface area contributed by atoms with Gasteiger partial charge in [-0.25, -0.2) is 8.42 Å². The Morgan fingerprint density at radius 3 is 2.17 bits per heavy atom. The van der Waals surface area contributed by atoms with Crippen LogP contribution in [-0.2, 0) is 10.0 Å². The van der Waals surface area contributed by atoms with Gasteiger partial charge in [0.15, 0.2) is 0 Å². The highest BCUT2D eigenvalue weighted by molar-refractivity contribution is 7.93. The molecule has 3 nitrogen and oxygen atoms in total. The van der Waals surface area contributed by atoms with Gasteiger partial charge in [-0.15, -0.1) is 0 Å². The first-order chi connectivity index (χ1) is 14.6. The van der Waals surface area contributed by atoms with Crippen LogP contribution in [-0.4, -0.2) is 14.5 Å². The molecule has 160 valence electrons. The van der Waals surface area contributed by atoms with Crippen LogP contribution in [0.5, 0.6) is 0 Å². The van der Waals surface area contributed by atoms with Crippen molar-refractivity contribution in [3.8, 4) is 0 Å². The molecule has 0 radical (unpaired) electrons. The second kappa shape index (κ2) is 9.38. The summed E-state index contributed by atoms with van der Waals surface area (Å²) in [7, 11) is -3.62. The molecular formula is C26H33NO2S. The molecule has 0 fully saturated rings. The highest BCUT2D eigenvalue weighted by Gasteiger charge is 2.40. The van der Waals surface area contributed by atoms with Crippen molar-refractivity contribution in [2.75, 3.05) is 4.31 Å². The van der Waals surface area contributed by atoms with Crippen molar-refractivity contribution in [2.45, 2.75) is 82.1 Å². The lowest BCUT2D eigenvalue weighted by Crippen LogP contribution is -2.37. The van der Waals surface area contributed by atoms with Crippen molar-refractivity contribution in [3.05, 3.63) is 65.7 Å². The summed E-state index contributed by atoms with van der Waals surface area (Å²) in [5, 5.41) is 0. The molecule has 0 spiro atoms. The van der Waals surface area contributed by atoms with Crippen LogP contribution in [0, 0.1) is 6.92 Å². The molecule has 1 unspecified atom stereocenters. The first-order valence-corrected chi connectivity index (χ1v) is 12.9. The summed E-state index contributed by atoms with van der Waals surface area (Å²) in [5.41, 5.74) is 4.20. The number of para-hydroxylation sites is 1. The maximum Gasteiger partial charge on any atom is 0.264 e. The van der Waals surface area contributed by atoms with Crippen molar-refractivity contribution in [3.63, 3.8) is 0 Å². The summed E-state index contributed by atoms with van der Waals surface area (Å²) in [4.78, 5) is 0.382. The minimum atomic E-state index is -3.62. The molecule has 4 rings (SSSR count). The van der Waals surface area contributed by atoms with E-state index in [1.165, 1.54) is 50.5 Å². The number of sulfonamides is 1. The number of hydrogen-bond acceptors (Lipinski definition) is 2. The summed E-state index contributed by atoms with van der Waals surface area (Å²) in [6.07, 6.45) is 14.1. The summed E-state index contributed by atoms with van der Waals surface area (Å²) in [6, 6.07) is 15.2. The molecule has 1 atom stereocenters. The monoisotopic (exact) mass is 423 g/mol. The van der Waals surface area contributed by atoms with E-state index in [0.717, 1.165) is 36.1 Å². The Hall–Kier alpha value is -2.07. The zero-order chi connectivity index (χ0) is 21.0. The number of aryl methyl sites for hydroxylation is 1. The molecule has 0 saturated heterocycles. The largest absolute Gasteiger partial charge is 0.264 e. The van der Waals surface area contributed by atoms with E-state index in [0.29, 0.717) is 4.90 Å². The number of hydrogen-bond donors (Lipinski definition) is 0. The van der Waals surface area contributed by atoms with Gasteiger partial charge in [0, 0.05) is 5.56 Å². The van der Waals surface area contributed by atoms with Crippen LogP contribution in [0.1, 0.15) is 75.3 Å². The van der Waals surface area contributed by atoms with E-state index in [2.05, 4.69) is 12.1 Å². The molecule has 0 bridgehead atoms. The normalized spacial score (nSPS) is 22.6. The molecule has 4 heteroatoms. The highest BCUT2D eigenvalue weighted by atomic mass is 32.2. The Bertz CT molecular complexity index is 992. The van der Waals surface area contributed by atoms with Crippen LogP contribution in [0.25, 0.3) is 5.57 Å². The lowest BCUT2D eigenvalue weighted by molar-refractivity contribution is 0.550. The number of anilines is 1. The van der Waals surface area contributed by atoms with E-state index >= 15 is 0 Å². The van der Waals surface area contributed by atoms with Crippen LogP contribution in [0.2, 0.25) is 0 Å². The van der Waals surface area contributed by atoms with Crippen molar-refractivity contribution in [1.29, 1.82) is 0 Å². The number of rotatable bonds is 2. The number of nitrogens with zero attached hydrogens (tertiary/aromatic N) is 1. The fraction of sp³-hybridized carbons (Fsp3) is 0.462. The Morgan fingerprint density at radius 2 is 1.43 bits per heavy atom. The van der Waals surface area contributed by atoms with E-state index in [-0.39, 0.29) is 6.04 Å². The minimum absolute atomic E-state index is 0.102. The van der Waals surface area contributed by atoms with Crippen LogP contribution < -0.4 is 4.31 Å². The van der Waals surface area contributed by atoms with Gasteiger partial charge in [-0.1, -0.05) is 86.9 Å². The van der Waals surface area contributed by atoms with Gasteiger partial charge in [0.2, 0.25) is 0 Å². The van der Waals surface area contributed by atoms with Crippen molar-refractivity contribution >= 4 is 21.3 Å². The van der Waals surface area contributed by atoms with Crippen molar-refractivity contribution < 1.29 is 8.42 Å². The maximum atomic E-state index is 13.8. The van der Waals surface area contributed by atoms with Gasteiger partial charge in [-0.3, -0.25) is 4.31 Å². The summed E-state index contributed by atoms with van der Waals surface area (Å²) < 4.78 is 29.3. The summed E-state index contributed by atoms with van der Waals surface area (Å²) in [6.45, 7) is 1.98. The molecule has 0 N–H and O–H groups in total. The van der Waals surface area contributed by atoms with E-state index in [9.17, 15) is 8.42 Å². The highest BCUT2D eigenvalue weighted by Crippen LogP contribution is 2.45. The fourth-order valence-electron chi connectivity index (χ4n) is 4.82. The van der Waals surface area contributed by atoms with Crippen LogP contribution in [0.15, 0.2) is 59.5 Å². The van der Waals surface area contributed by atoms with Crippen molar-refractivity contribution in [1.82, 2.24) is 0 Å². The third-order valence-corrected chi connectivity index (χ3v) is 8.31. The molecule has 0 saturated carbocycles. The van der Waals surface area contributed by atoms with Gasteiger partial charge in [-0.2, -0.15) is 0 Å². The molecule has 2 aromatic rings. The average molecular weight is 424 g/mol. The quantitative estimate of drug-likeness (QED) is 0.528. The average Bonchev–Trinajstić information content (AvgIpc) is 3.06. The lowest BCUT2D eigenvalue weighted by atomic mass is 9.96. The molecule has 1 aliphatic heterocycles. The smallest absolute Gasteiger partial charge is 0.258 e. The first-order valence-electron chi connectivity index (χ1n) is 11.5. The minimum Gasteiger partial charge on any atom is -0.258 e. The Kier molecular flexibility index (Phi) is 6.62. The lowest BCUT2D eigenvalue weighted by Gasteiger charge is -2.28. The Labute approximate surface area is 181 Å².